The van der Waals surface area contributed by atoms with Gasteiger partial charge in [0.25, 0.3) is 5.91 Å². The molecule has 0 radical (unpaired) electrons. The third-order valence-corrected chi connectivity index (χ3v) is 6.08. The molecule has 5 nitrogen and oxygen atoms in total. The average Bonchev–Trinajstić information content (AvgIpc) is 2.67. The molecule has 0 saturated carbocycles. The van der Waals surface area contributed by atoms with E-state index in [1.54, 1.807) is 31.2 Å². The molecule has 162 valence electrons. The molecular weight excluding hydrogens is 491 g/mol. The van der Waals surface area contributed by atoms with E-state index in [0.29, 0.717) is 21.4 Å². The molecule has 1 atom stereocenters. The van der Waals surface area contributed by atoms with Crippen molar-refractivity contribution in [3.63, 3.8) is 0 Å². The van der Waals surface area contributed by atoms with Crippen LogP contribution in [0.25, 0.3) is 0 Å². The van der Waals surface area contributed by atoms with Gasteiger partial charge >= 0.3 is 0 Å². The molecule has 0 bridgehead atoms. The number of carbonyl (C=O) groups is 2. The van der Waals surface area contributed by atoms with Gasteiger partial charge in [-0.3, -0.25) is 9.59 Å². The SMILES string of the molecule is Cc1cc(OCC(=O)N(Cc2c(Cl)cccc2Cl)[C@H](C)C(=O)NC(C)C)ccc1Br. The molecule has 0 aromatic heterocycles. The number of aryl methyl sites for hydroxylation is 1. The van der Waals surface area contributed by atoms with Crippen LogP contribution in [0.5, 0.6) is 5.75 Å². The quantitative estimate of drug-likeness (QED) is 0.513. The second-order valence-electron chi connectivity index (χ2n) is 7.26. The van der Waals surface area contributed by atoms with E-state index in [1.165, 1.54) is 4.90 Å². The summed E-state index contributed by atoms with van der Waals surface area (Å²) in [4.78, 5) is 27.1. The molecule has 2 aromatic carbocycles. The van der Waals surface area contributed by atoms with Crippen LogP contribution in [0.1, 0.15) is 31.9 Å². The molecule has 0 unspecified atom stereocenters. The van der Waals surface area contributed by atoms with Crippen molar-refractivity contribution >= 4 is 50.9 Å². The van der Waals surface area contributed by atoms with Gasteiger partial charge in [-0.2, -0.15) is 0 Å². The van der Waals surface area contributed by atoms with Crippen molar-refractivity contribution in [1.82, 2.24) is 10.2 Å². The number of carbonyl (C=O) groups excluding carboxylic acids is 2. The molecule has 0 spiro atoms. The first-order valence-electron chi connectivity index (χ1n) is 9.51. The Kier molecular flexibility index (Phi) is 9.01. The van der Waals surface area contributed by atoms with Crippen molar-refractivity contribution in [3.05, 3.63) is 62.0 Å². The number of hydrogen-bond donors (Lipinski definition) is 1. The molecule has 2 amide bonds. The van der Waals surface area contributed by atoms with Gasteiger partial charge in [0, 0.05) is 32.7 Å². The van der Waals surface area contributed by atoms with Gasteiger partial charge in [0.1, 0.15) is 11.8 Å². The molecule has 0 aliphatic carbocycles. The van der Waals surface area contributed by atoms with Crippen molar-refractivity contribution in [2.45, 2.75) is 46.3 Å². The summed E-state index contributed by atoms with van der Waals surface area (Å²) >= 11 is 16.0. The lowest BCUT2D eigenvalue weighted by Crippen LogP contribution is -2.50. The highest BCUT2D eigenvalue weighted by Gasteiger charge is 2.28. The highest BCUT2D eigenvalue weighted by molar-refractivity contribution is 9.10. The summed E-state index contributed by atoms with van der Waals surface area (Å²) < 4.78 is 6.64. The first kappa shape index (κ1) is 24.5. The standard InChI is InChI=1S/C22H25BrCl2N2O3/c1-13(2)26-22(29)15(4)27(11-17-19(24)6-5-7-20(17)25)21(28)12-30-16-8-9-18(23)14(3)10-16/h5-10,13,15H,11-12H2,1-4H3,(H,26,29)/t15-/m1/s1. The fourth-order valence-corrected chi connectivity index (χ4v) is 3.54. The van der Waals surface area contributed by atoms with E-state index in [9.17, 15) is 9.59 Å². The van der Waals surface area contributed by atoms with Crippen molar-refractivity contribution in [3.8, 4) is 5.75 Å². The normalized spacial score (nSPS) is 11.9. The first-order valence-corrected chi connectivity index (χ1v) is 11.1. The molecule has 0 fully saturated rings. The lowest BCUT2D eigenvalue weighted by atomic mass is 10.1. The lowest BCUT2D eigenvalue weighted by Gasteiger charge is -2.30. The summed E-state index contributed by atoms with van der Waals surface area (Å²) in [6.45, 7) is 7.20. The predicted octanol–water partition coefficient (Wildman–Crippen LogP) is 5.39. The molecule has 1 N–H and O–H groups in total. The summed E-state index contributed by atoms with van der Waals surface area (Å²) in [6.07, 6.45) is 0. The Morgan fingerprint density at radius 3 is 2.33 bits per heavy atom. The number of halogens is 3. The summed E-state index contributed by atoms with van der Waals surface area (Å²) in [5, 5.41) is 3.70. The van der Waals surface area contributed by atoms with Crippen LogP contribution in [0.2, 0.25) is 10.0 Å². The van der Waals surface area contributed by atoms with Crippen LogP contribution in [0.15, 0.2) is 40.9 Å². The maximum absolute atomic E-state index is 13.1. The fourth-order valence-electron chi connectivity index (χ4n) is 2.78. The maximum Gasteiger partial charge on any atom is 0.261 e. The van der Waals surface area contributed by atoms with Crippen LogP contribution in [-0.4, -0.2) is 35.4 Å². The summed E-state index contributed by atoms with van der Waals surface area (Å²) in [6, 6.07) is 9.81. The second-order valence-corrected chi connectivity index (χ2v) is 8.93. The first-order chi connectivity index (χ1) is 14.1. The average molecular weight is 516 g/mol. The molecule has 0 saturated heterocycles. The molecule has 8 heteroatoms. The van der Waals surface area contributed by atoms with Crippen molar-refractivity contribution < 1.29 is 14.3 Å². The van der Waals surface area contributed by atoms with Gasteiger partial charge in [-0.1, -0.05) is 45.2 Å². The molecule has 2 rings (SSSR count). The minimum atomic E-state index is -0.734. The smallest absolute Gasteiger partial charge is 0.261 e. The summed E-state index contributed by atoms with van der Waals surface area (Å²) in [5.41, 5.74) is 1.57. The van der Waals surface area contributed by atoms with Crippen LogP contribution in [0.3, 0.4) is 0 Å². The molecule has 0 aliphatic rings. The number of rotatable bonds is 8. The Morgan fingerprint density at radius 2 is 1.77 bits per heavy atom. The fraction of sp³-hybridized carbons (Fsp3) is 0.364. The monoisotopic (exact) mass is 514 g/mol. The van der Waals surface area contributed by atoms with Gasteiger partial charge in [-0.15, -0.1) is 0 Å². The number of ether oxygens (including phenoxy) is 1. The van der Waals surface area contributed by atoms with E-state index >= 15 is 0 Å². The molecule has 0 heterocycles. The third kappa shape index (κ3) is 6.62. The molecule has 0 aliphatic heterocycles. The zero-order chi connectivity index (χ0) is 22.4. The van der Waals surface area contributed by atoms with Crippen LogP contribution < -0.4 is 10.1 Å². The van der Waals surface area contributed by atoms with E-state index in [4.69, 9.17) is 27.9 Å². The van der Waals surface area contributed by atoms with Gasteiger partial charge < -0.3 is 15.0 Å². The van der Waals surface area contributed by atoms with Crippen molar-refractivity contribution in [1.29, 1.82) is 0 Å². The highest BCUT2D eigenvalue weighted by atomic mass is 79.9. The number of nitrogens with one attached hydrogen (secondary N) is 1. The number of benzene rings is 2. The lowest BCUT2D eigenvalue weighted by molar-refractivity contribution is -0.142. The van der Waals surface area contributed by atoms with Gasteiger partial charge in [0.2, 0.25) is 5.91 Å². The second kappa shape index (κ2) is 11.0. The van der Waals surface area contributed by atoms with Crippen LogP contribution in [0, 0.1) is 6.92 Å². The summed E-state index contributed by atoms with van der Waals surface area (Å²) in [5.74, 6) is -0.0435. The van der Waals surface area contributed by atoms with Gasteiger partial charge in [0.05, 0.1) is 0 Å². The molecular formula is C22H25BrCl2N2O3. The van der Waals surface area contributed by atoms with E-state index in [-0.39, 0.29) is 31.0 Å². The van der Waals surface area contributed by atoms with Crippen LogP contribution in [0.4, 0.5) is 0 Å². The van der Waals surface area contributed by atoms with Crippen molar-refractivity contribution in [2.75, 3.05) is 6.61 Å². The van der Waals surface area contributed by atoms with Gasteiger partial charge in [-0.25, -0.2) is 0 Å². The topological polar surface area (TPSA) is 58.6 Å². The molecule has 30 heavy (non-hydrogen) atoms. The van der Waals surface area contributed by atoms with E-state index in [0.717, 1.165) is 10.0 Å². The van der Waals surface area contributed by atoms with Gasteiger partial charge in [-0.05, 0) is 63.6 Å². The number of hydrogen-bond acceptors (Lipinski definition) is 3. The zero-order valence-electron chi connectivity index (χ0n) is 17.3. The highest BCUT2D eigenvalue weighted by Crippen LogP contribution is 2.27. The maximum atomic E-state index is 13.1. The minimum Gasteiger partial charge on any atom is -0.484 e. The zero-order valence-corrected chi connectivity index (χ0v) is 20.4. The Balaban J connectivity index is 2.23. The predicted molar refractivity (Wildman–Crippen MR) is 124 cm³/mol. The Bertz CT molecular complexity index is 901. The van der Waals surface area contributed by atoms with E-state index in [2.05, 4.69) is 21.2 Å². The number of nitrogens with zero attached hydrogens (tertiary/aromatic N) is 1. The van der Waals surface area contributed by atoms with Gasteiger partial charge in [0.15, 0.2) is 6.61 Å². The van der Waals surface area contributed by atoms with E-state index < -0.39 is 6.04 Å². The van der Waals surface area contributed by atoms with E-state index in [1.807, 2.05) is 32.9 Å². The Morgan fingerprint density at radius 1 is 1.13 bits per heavy atom. The Hall–Kier alpha value is -1.76. The summed E-state index contributed by atoms with van der Waals surface area (Å²) in [7, 11) is 0. The number of amides is 2. The van der Waals surface area contributed by atoms with Crippen molar-refractivity contribution in [2.24, 2.45) is 0 Å². The largest absolute Gasteiger partial charge is 0.484 e. The molecule has 2 aromatic rings. The minimum absolute atomic E-state index is 0.0530. The van der Waals surface area contributed by atoms with Crippen LogP contribution in [-0.2, 0) is 16.1 Å². The van der Waals surface area contributed by atoms with Crippen LogP contribution >= 0.6 is 39.1 Å². The third-order valence-electron chi connectivity index (χ3n) is 4.48. The Labute approximate surface area is 195 Å².